The fourth-order valence-electron chi connectivity index (χ4n) is 0. The molecule has 0 aromatic heterocycles. The first-order chi connectivity index (χ1) is 1.73. The third kappa shape index (κ3) is 30.5. The first-order valence-corrected chi connectivity index (χ1v) is 4.96. The van der Waals surface area contributed by atoms with Crippen LogP contribution in [0.2, 0.25) is 0 Å². The van der Waals surface area contributed by atoms with E-state index in [9.17, 15) is 0 Å². The van der Waals surface area contributed by atoms with Crippen LogP contribution in [-0.2, 0) is 11.2 Å². The molecule has 2 radical (unpaired) electrons. The normalized spacial score (nSPS) is 7.50. The van der Waals surface area contributed by atoms with Crippen molar-refractivity contribution in [1.29, 1.82) is 0 Å². The van der Waals surface area contributed by atoms with Gasteiger partial charge in [0.2, 0.25) is 0 Å². The van der Waals surface area contributed by atoms with Gasteiger partial charge in [0.25, 0.3) is 0 Å². The van der Waals surface area contributed by atoms with Gasteiger partial charge < -0.3 is 5.48 Å². The van der Waals surface area contributed by atoms with Crippen LogP contribution >= 0.6 is 30.3 Å². The molecule has 0 rings (SSSR count). The first kappa shape index (κ1) is 15.8. The van der Waals surface area contributed by atoms with Crippen LogP contribution in [0.4, 0.5) is 0 Å². The quantitative estimate of drug-likeness (QED) is 0.542. The minimum atomic E-state index is -1.33. The maximum atomic E-state index is 4.89. The predicted molar refractivity (Wildman–Crippen MR) is 26.9 cm³/mol. The van der Waals surface area contributed by atoms with Gasteiger partial charge in [-0.15, -0.1) is 0 Å². The van der Waals surface area contributed by atoms with Gasteiger partial charge in [0.1, 0.15) is 0 Å². The summed E-state index contributed by atoms with van der Waals surface area (Å²) < 4.78 is 0. The fraction of sp³-hybridized carbons (Fsp3) is 0. The Morgan fingerprint density at radius 3 is 1.00 bits per heavy atom. The molecule has 0 saturated heterocycles. The van der Waals surface area contributed by atoms with Crippen molar-refractivity contribution in [2.45, 2.75) is 0 Å². The second-order valence-corrected chi connectivity index (χ2v) is 5.62. The molecule has 0 heterocycles. The van der Waals surface area contributed by atoms with E-state index in [1.54, 1.807) is 0 Å². The molecule has 0 saturated carbocycles. The van der Waals surface area contributed by atoms with E-state index in [1.807, 2.05) is 0 Å². The number of hydrogen-bond acceptors (Lipinski definition) is 0. The Balaban J connectivity index is -0.0000000450. The minimum absolute atomic E-state index is 0. The Morgan fingerprint density at radius 1 is 1.00 bits per heavy atom. The van der Waals surface area contributed by atoms with Crippen molar-refractivity contribution < 1.29 is 16.6 Å². The molecule has 0 aliphatic rings. The SMILES string of the molecule is O.[Ca].[Cl][Fe]([Cl])[Cl]. The van der Waals surface area contributed by atoms with E-state index < -0.39 is 11.2 Å². The summed E-state index contributed by atoms with van der Waals surface area (Å²) in [5.74, 6) is 0. The van der Waals surface area contributed by atoms with Crippen LogP contribution in [0.1, 0.15) is 0 Å². The van der Waals surface area contributed by atoms with Gasteiger partial charge in [0.05, 0.1) is 0 Å². The standard InChI is InChI=1S/Ca.3ClH.Fe.H2O/h;3*1H;;1H2/q;;;;+3;/p-3. The zero-order valence-corrected chi connectivity index (χ0v) is 8.27. The van der Waals surface area contributed by atoms with Gasteiger partial charge in [0.15, 0.2) is 0 Å². The Bertz CT molecular complexity index is 15.5. The summed E-state index contributed by atoms with van der Waals surface area (Å²) in [6.45, 7) is 0. The average Bonchev–Trinajstić information content (AvgIpc) is 0.811. The maximum absolute atomic E-state index is 4.89. The molecule has 0 aliphatic heterocycles. The third-order valence-corrected chi connectivity index (χ3v) is 0. The van der Waals surface area contributed by atoms with E-state index in [4.69, 9.17) is 30.3 Å². The molecule has 39 valence electrons. The molecule has 0 bridgehead atoms. The van der Waals surface area contributed by atoms with Crippen LogP contribution in [0.25, 0.3) is 0 Å². The van der Waals surface area contributed by atoms with Crippen LogP contribution in [0.15, 0.2) is 0 Å². The van der Waals surface area contributed by atoms with Crippen molar-refractivity contribution in [2.24, 2.45) is 0 Å². The van der Waals surface area contributed by atoms with Gasteiger partial charge >= 0.3 is 41.5 Å². The van der Waals surface area contributed by atoms with E-state index >= 15 is 0 Å². The Morgan fingerprint density at radius 2 is 1.00 bits per heavy atom. The summed E-state index contributed by atoms with van der Waals surface area (Å²) in [7, 11) is 14.7. The molecule has 0 aliphatic carbocycles. The van der Waals surface area contributed by atoms with Gasteiger partial charge in [0, 0.05) is 37.7 Å². The van der Waals surface area contributed by atoms with Gasteiger partial charge in [-0.2, -0.15) is 0 Å². The predicted octanol–water partition coefficient (Wildman–Crippen LogP) is 0.861. The molecule has 0 unspecified atom stereocenters. The summed E-state index contributed by atoms with van der Waals surface area (Å²) in [6.07, 6.45) is 0. The molecule has 0 amide bonds. The molecule has 6 heavy (non-hydrogen) atoms. The molecule has 6 heteroatoms. The third-order valence-electron chi connectivity index (χ3n) is 0. The molecular formula is H2CaCl3FeO. The van der Waals surface area contributed by atoms with E-state index in [2.05, 4.69) is 0 Å². The second kappa shape index (κ2) is 10.6. The molecular weight excluding hydrogens is 218 g/mol. The number of halogens is 3. The number of rotatable bonds is 0. The molecule has 0 atom stereocenters. The topological polar surface area (TPSA) is 31.5 Å². The molecule has 0 aromatic rings. The van der Waals surface area contributed by atoms with Crippen molar-refractivity contribution in [3.8, 4) is 0 Å². The summed E-state index contributed by atoms with van der Waals surface area (Å²) in [6, 6.07) is 0. The fourth-order valence-corrected chi connectivity index (χ4v) is 0. The van der Waals surface area contributed by atoms with E-state index in [1.165, 1.54) is 0 Å². The monoisotopic (exact) mass is 219 g/mol. The summed E-state index contributed by atoms with van der Waals surface area (Å²) >= 11 is -1.33. The van der Waals surface area contributed by atoms with Crippen molar-refractivity contribution in [3.63, 3.8) is 0 Å². The van der Waals surface area contributed by atoms with Crippen molar-refractivity contribution in [3.05, 3.63) is 0 Å². The molecule has 0 aromatic carbocycles. The van der Waals surface area contributed by atoms with Gasteiger partial charge in [-0.3, -0.25) is 0 Å². The van der Waals surface area contributed by atoms with Crippen molar-refractivity contribution >= 4 is 68.0 Å². The molecule has 0 spiro atoms. The van der Waals surface area contributed by atoms with Crippen LogP contribution in [-0.4, -0.2) is 43.2 Å². The molecule has 2 N–H and O–H groups in total. The summed E-state index contributed by atoms with van der Waals surface area (Å²) in [5, 5.41) is 0. The zero-order valence-electron chi connectivity index (χ0n) is 2.69. The summed E-state index contributed by atoms with van der Waals surface area (Å²) in [5.41, 5.74) is 0. The first-order valence-electron chi connectivity index (χ1n) is 0.401. The average molecular weight is 220 g/mol. The van der Waals surface area contributed by atoms with Crippen molar-refractivity contribution in [2.75, 3.05) is 0 Å². The Labute approximate surface area is 83.2 Å². The van der Waals surface area contributed by atoms with Gasteiger partial charge in [-0.1, -0.05) is 0 Å². The van der Waals surface area contributed by atoms with Gasteiger partial charge in [-0.25, -0.2) is 0 Å². The summed E-state index contributed by atoms with van der Waals surface area (Å²) in [4.78, 5) is 0. The van der Waals surface area contributed by atoms with Crippen LogP contribution in [0.5, 0.6) is 0 Å². The van der Waals surface area contributed by atoms with E-state index in [-0.39, 0.29) is 43.2 Å². The van der Waals surface area contributed by atoms with Crippen molar-refractivity contribution in [1.82, 2.24) is 0 Å². The molecule has 1 nitrogen and oxygen atoms in total. The van der Waals surface area contributed by atoms with Crippen LogP contribution in [0.3, 0.4) is 0 Å². The van der Waals surface area contributed by atoms with Crippen LogP contribution < -0.4 is 0 Å². The second-order valence-electron chi connectivity index (χ2n) is 0.152. The van der Waals surface area contributed by atoms with Crippen LogP contribution in [0, 0.1) is 0 Å². The van der Waals surface area contributed by atoms with E-state index in [0.29, 0.717) is 0 Å². The van der Waals surface area contributed by atoms with E-state index in [0.717, 1.165) is 0 Å². The zero-order chi connectivity index (χ0) is 3.58. The van der Waals surface area contributed by atoms with Gasteiger partial charge in [-0.05, 0) is 0 Å². The Hall–Kier alpha value is 2.61. The molecule has 0 fully saturated rings. The number of hydrogen-bond donors (Lipinski definition) is 0. The Kier molecular flexibility index (Phi) is 27.9.